The number of phenolic OH excluding ortho intramolecular Hbond substituents is 1. The van der Waals surface area contributed by atoms with Crippen molar-refractivity contribution in [1.29, 1.82) is 0 Å². The molecule has 0 unspecified atom stereocenters. The van der Waals surface area contributed by atoms with Gasteiger partial charge in [0.05, 0.1) is 6.61 Å². The van der Waals surface area contributed by atoms with Gasteiger partial charge in [0.25, 0.3) is 0 Å². The molecule has 0 radical (unpaired) electrons. The Bertz CT molecular complexity index is 325. The van der Waals surface area contributed by atoms with Gasteiger partial charge in [-0.15, -0.1) is 0 Å². The van der Waals surface area contributed by atoms with Gasteiger partial charge in [-0.25, -0.2) is 4.79 Å². The van der Waals surface area contributed by atoms with E-state index in [0.29, 0.717) is 12.3 Å². The third kappa shape index (κ3) is 4.35. The van der Waals surface area contributed by atoms with E-state index < -0.39 is 6.09 Å². The topological polar surface area (TPSA) is 58.6 Å². The van der Waals surface area contributed by atoms with Crippen LogP contribution in [0.5, 0.6) is 5.75 Å². The number of amides is 1. The van der Waals surface area contributed by atoms with Crippen molar-refractivity contribution < 1.29 is 14.6 Å². The summed E-state index contributed by atoms with van der Waals surface area (Å²) in [7, 11) is 0. The van der Waals surface area contributed by atoms with Crippen LogP contribution in [-0.2, 0) is 4.74 Å². The van der Waals surface area contributed by atoms with Gasteiger partial charge in [0, 0.05) is 11.8 Å². The largest absolute Gasteiger partial charge is 0.508 e. The highest BCUT2D eigenvalue weighted by Crippen LogP contribution is 2.15. The molecule has 0 bridgehead atoms. The van der Waals surface area contributed by atoms with Gasteiger partial charge in [-0.05, 0) is 18.6 Å². The molecule has 0 heterocycles. The quantitative estimate of drug-likeness (QED) is 0.749. The highest BCUT2D eigenvalue weighted by Gasteiger charge is 2.02. The molecule has 0 atom stereocenters. The van der Waals surface area contributed by atoms with Gasteiger partial charge in [0.2, 0.25) is 0 Å². The fraction of sp³-hybridized carbons (Fsp3) is 0.364. The van der Waals surface area contributed by atoms with Crippen LogP contribution in [0.2, 0.25) is 0 Å². The van der Waals surface area contributed by atoms with E-state index in [1.165, 1.54) is 12.1 Å². The first-order valence-electron chi connectivity index (χ1n) is 4.95. The molecule has 0 aromatic heterocycles. The number of aromatic hydroxyl groups is 1. The van der Waals surface area contributed by atoms with E-state index >= 15 is 0 Å². The molecule has 0 aliphatic rings. The maximum atomic E-state index is 11.2. The first kappa shape index (κ1) is 11.4. The Balaban J connectivity index is 2.37. The molecule has 1 aromatic carbocycles. The Kier molecular flexibility index (Phi) is 4.47. The van der Waals surface area contributed by atoms with Gasteiger partial charge in [-0.1, -0.05) is 19.4 Å². The molecule has 4 nitrogen and oxygen atoms in total. The number of phenols is 1. The fourth-order valence-corrected chi connectivity index (χ4v) is 1.05. The van der Waals surface area contributed by atoms with E-state index in [2.05, 4.69) is 5.32 Å². The summed E-state index contributed by atoms with van der Waals surface area (Å²) in [6.45, 7) is 2.44. The number of hydrogen-bond acceptors (Lipinski definition) is 3. The van der Waals surface area contributed by atoms with Gasteiger partial charge in [0.15, 0.2) is 0 Å². The lowest BCUT2D eigenvalue weighted by atomic mass is 10.3. The zero-order valence-corrected chi connectivity index (χ0v) is 8.69. The van der Waals surface area contributed by atoms with E-state index in [1.807, 2.05) is 6.92 Å². The summed E-state index contributed by atoms with van der Waals surface area (Å²) in [6.07, 6.45) is 1.35. The van der Waals surface area contributed by atoms with Crippen molar-refractivity contribution in [2.75, 3.05) is 11.9 Å². The molecule has 1 rings (SSSR count). The number of rotatable bonds is 4. The van der Waals surface area contributed by atoms with Crippen LogP contribution in [0.15, 0.2) is 24.3 Å². The second kappa shape index (κ2) is 5.90. The summed E-state index contributed by atoms with van der Waals surface area (Å²) in [6, 6.07) is 6.33. The van der Waals surface area contributed by atoms with Crippen LogP contribution in [0.3, 0.4) is 0 Å². The number of anilines is 1. The van der Waals surface area contributed by atoms with Crippen LogP contribution >= 0.6 is 0 Å². The van der Waals surface area contributed by atoms with E-state index in [9.17, 15) is 4.79 Å². The standard InChI is InChI=1S/C11H15NO3/c1-2-3-7-15-11(14)12-9-5-4-6-10(13)8-9/h4-6,8,13H,2-3,7H2,1H3,(H,12,14). The molecule has 82 valence electrons. The maximum Gasteiger partial charge on any atom is 0.411 e. The predicted molar refractivity (Wildman–Crippen MR) is 58.0 cm³/mol. The number of hydrogen-bond donors (Lipinski definition) is 2. The maximum absolute atomic E-state index is 11.2. The smallest absolute Gasteiger partial charge is 0.411 e. The van der Waals surface area contributed by atoms with Crippen molar-refractivity contribution in [3.63, 3.8) is 0 Å². The van der Waals surface area contributed by atoms with Crippen LogP contribution < -0.4 is 5.32 Å². The van der Waals surface area contributed by atoms with Crippen LogP contribution in [-0.4, -0.2) is 17.8 Å². The van der Waals surface area contributed by atoms with Crippen molar-refractivity contribution in [3.05, 3.63) is 24.3 Å². The van der Waals surface area contributed by atoms with E-state index in [0.717, 1.165) is 12.8 Å². The van der Waals surface area contributed by atoms with Gasteiger partial charge >= 0.3 is 6.09 Å². The molecule has 0 aliphatic heterocycles. The molecule has 1 aromatic rings. The molecule has 4 heteroatoms. The van der Waals surface area contributed by atoms with Crippen LogP contribution in [0.4, 0.5) is 10.5 Å². The molecule has 0 spiro atoms. The minimum atomic E-state index is -0.492. The Morgan fingerprint density at radius 3 is 3.00 bits per heavy atom. The van der Waals surface area contributed by atoms with Crippen LogP contribution in [0.25, 0.3) is 0 Å². The second-order valence-corrected chi connectivity index (χ2v) is 3.16. The van der Waals surface area contributed by atoms with Crippen molar-refractivity contribution in [1.82, 2.24) is 0 Å². The van der Waals surface area contributed by atoms with Crippen LogP contribution in [0.1, 0.15) is 19.8 Å². The lowest BCUT2D eigenvalue weighted by molar-refractivity contribution is 0.160. The number of unbranched alkanes of at least 4 members (excludes halogenated alkanes) is 1. The number of nitrogens with one attached hydrogen (secondary N) is 1. The zero-order valence-electron chi connectivity index (χ0n) is 8.69. The predicted octanol–water partition coefficient (Wildman–Crippen LogP) is 2.74. The molecule has 0 aliphatic carbocycles. The van der Waals surface area contributed by atoms with Crippen molar-refractivity contribution >= 4 is 11.8 Å². The number of carbonyl (C=O) groups is 1. The van der Waals surface area contributed by atoms with Crippen LogP contribution in [0, 0.1) is 0 Å². The third-order valence-electron chi connectivity index (χ3n) is 1.82. The Morgan fingerprint density at radius 2 is 2.33 bits per heavy atom. The summed E-state index contributed by atoms with van der Waals surface area (Å²) in [5.74, 6) is 0.112. The summed E-state index contributed by atoms with van der Waals surface area (Å²) >= 11 is 0. The van der Waals surface area contributed by atoms with Crippen molar-refractivity contribution in [2.24, 2.45) is 0 Å². The summed E-state index contributed by atoms with van der Waals surface area (Å²) in [5.41, 5.74) is 0.525. The molecular weight excluding hydrogens is 194 g/mol. The number of ether oxygens (including phenoxy) is 1. The summed E-state index contributed by atoms with van der Waals surface area (Å²) in [5, 5.41) is 11.7. The molecule has 15 heavy (non-hydrogen) atoms. The van der Waals surface area contributed by atoms with E-state index in [-0.39, 0.29) is 5.75 Å². The summed E-state index contributed by atoms with van der Waals surface area (Å²) in [4.78, 5) is 11.2. The van der Waals surface area contributed by atoms with Gasteiger partial charge < -0.3 is 9.84 Å². The van der Waals surface area contributed by atoms with E-state index in [1.54, 1.807) is 12.1 Å². The lowest BCUT2D eigenvalue weighted by Gasteiger charge is -2.06. The average molecular weight is 209 g/mol. The number of benzene rings is 1. The van der Waals surface area contributed by atoms with E-state index in [4.69, 9.17) is 9.84 Å². The van der Waals surface area contributed by atoms with Crippen molar-refractivity contribution in [2.45, 2.75) is 19.8 Å². The molecule has 0 fully saturated rings. The van der Waals surface area contributed by atoms with Gasteiger partial charge in [-0.2, -0.15) is 0 Å². The van der Waals surface area contributed by atoms with Crippen molar-refractivity contribution in [3.8, 4) is 5.75 Å². The molecular formula is C11H15NO3. The zero-order chi connectivity index (χ0) is 11.1. The second-order valence-electron chi connectivity index (χ2n) is 3.16. The SMILES string of the molecule is CCCCOC(=O)Nc1cccc(O)c1. The lowest BCUT2D eigenvalue weighted by Crippen LogP contribution is -2.14. The first-order chi connectivity index (χ1) is 7.22. The Hall–Kier alpha value is -1.71. The van der Waals surface area contributed by atoms with Gasteiger partial charge in [-0.3, -0.25) is 5.32 Å². The average Bonchev–Trinajstić information content (AvgIpc) is 2.18. The molecule has 0 saturated carbocycles. The first-order valence-corrected chi connectivity index (χ1v) is 4.95. The highest BCUT2D eigenvalue weighted by molar-refractivity contribution is 5.84. The monoisotopic (exact) mass is 209 g/mol. The molecule has 0 saturated heterocycles. The fourth-order valence-electron chi connectivity index (χ4n) is 1.05. The molecule has 1 amide bonds. The molecule has 2 N–H and O–H groups in total. The third-order valence-corrected chi connectivity index (χ3v) is 1.82. The minimum Gasteiger partial charge on any atom is -0.508 e. The highest BCUT2D eigenvalue weighted by atomic mass is 16.5. The Morgan fingerprint density at radius 1 is 1.53 bits per heavy atom. The normalized spacial score (nSPS) is 9.67. The minimum absolute atomic E-state index is 0.112. The summed E-state index contributed by atoms with van der Waals surface area (Å²) < 4.78 is 4.89. The number of carbonyl (C=O) groups excluding carboxylic acids is 1. The Labute approximate surface area is 88.9 Å². The van der Waals surface area contributed by atoms with Gasteiger partial charge in [0.1, 0.15) is 5.75 Å².